The van der Waals surface area contributed by atoms with E-state index in [4.69, 9.17) is 11.6 Å². The first kappa shape index (κ1) is 16.8. The Bertz CT molecular complexity index is 548. The lowest BCUT2D eigenvalue weighted by atomic mass is 9.72. The van der Waals surface area contributed by atoms with Crippen LogP contribution in [0.1, 0.15) is 62.8 Å². The van der Waals surface area contributed by atoms with Crippen LogP contribution >= 0.6 is 11.6 Å². The van der Waals surface area contributed by atoms with E-state index in [1.54, 1.807) is 0 Å². The largest absolute Gasteiger partial charge is 0.389 e. The van der Waals surface area contributed by atoms with Crippen LogP contribution < -0.4 is 0 Å². The van der Waals surface area contributed by atoms with E-state index in [0.717, 1.165) is 50.8 Å². The van der Waals surface area contributed by atoms with E-state index in [2.05, 4.69) is 0 Å². The molecule has 1 amide bonds. The third-order valence-corrected chi connectivity index (χ3v) is 5.59. The maximum absolute atomic E-state index is 13.2. The van der Waals surface area contributed by atoms with Crippen LogP contribution in [0.5, 0.6) is 0 Å². The number of hydrogen-bond donors (Lipinski definition) is 1. The molecule has 1 heterocycles. The predicted octanol–water partition coefficient (Wildman–Crippen LogP) is 4.13. The highest BCUT2D eigenvalue weighted by atomic mass is 35.5. The van der Waals surface area contributed by atoms with Crippen molar-refractivity contribution in [1.82, 2.24) is 4.90 Å². The van der Waals surface area contributed by atoms with Gasteiger partial charge in [0.1, 0.15) is 0 Å². The molecule has 1 saturated heterocycles. The number of halogens is 1. The standard InChI is InChI=1S/C19H26ClNO2/c20-16-9-7-8-15(14-16)17(19(23)10-3-1-4-11-19)18(22)21-12-5-2-6-13-21/h7-9,14,17,23H,1-6,10-13H2. The molecule has 3 nitrogen and oxygen atoms in total. The number of aliphatic hydroxyl groups is 1. The number of nitrogens with zero attached hydrogens (tertiary/aromatic N) is 1. The van der Waals surface area contributed by atoms with Gasteiger partial charge in [-0.25, -0.2) is 0 Å². The molecule has 23 heavy (non-hydrogen) atoms. The normalized spacial score (nSPS) is 22.6. The lowest BCUT2D eigenvalue weighted by Crippen LogP contribution is -2.49. The molecule has 0 radical (unpaired) electrons. The molecule has 1 N–H and O–H groups in total. The SMILES string of the molecule is O=C(C(c1cccc(Cl)c1)C1(O)CCCCC1)N1CCCCC1. The number of hydrogen-bond acceptors (Lipinski definition) is 2. The highest BCUT2D eigenvalue weighted by Crippen LogP contribution is 2.41. The molecule has 2 aliphatic rings. The van der Waals surface area contributed by atoms with Crippen molar-refractivity contribution in [2.45, 2.75) is 62.9 Å². The molecule has 4 heteroatoms. The number of carbonyl (C=O) groups excluding carboxylic acids is 1. The maximum Gasteiger partial charge on any atom is 0.233 e. The summed E-state index contributed by atoms with van der Waals surface area (Å²) >= 11 is 6.16. The van der Waals surface area contributed by atoms with E-state index >= 15 is 0 Å². The second-order valence-corrected chi connectivity index (χ2v) is 7.47. The van der Waals surface area contributed by atoms with Crippen LogP contribution in [0.15, 0.2) is 24.3 Å². The van der Waals surface area contributed by atoms with Gasteiger partial charge in [0.25, 0.3) is 0 Å². The second kappa shape index (κ2) is 7.23. The number of likely N-dealkylation sites (tertiary alicyclic amines) is 1. The molecule has 1 saturated carbocycles. The van der Waals surface area contributed by atoms with Crippen molar-refractivity contribution in [1.29, 1.82) is 0 Å². The van der Waals surface area contributed by atoms with Crippen LogP contribution in [-0.4, -0.2) is 34.6 Å². The summed E-state index contributed by atoms with van der Waals surface area (Å²) in [6.07, 6.45) is 7.83. The van der Waals surface area contributed by atoms with Crippen molar-refractivity contribution in [3.8, 4) is 0 Å². The Balaban J connectivity index is 1.93. The lowest BCUT2D eigenvalue weighted by molar-refractivity contribution is -0.142. The molecule has 1 unspecified atom stereocenters. The Morgan fingerprint density at radius 2 is 1.74 bits per heavy atom. The van der Waals surface area contributed by atoms with Gasteiger partial charge in [0.05, 0.1) is 11.5 Å². The van der Waals surface area contributed by atoms with Crippen molar-refractivity contribution in [2.75, 3.05) is 13.1 Å². The van der Waals surface area contributed by atoms with Gasteiger partial charge in [0.15, 0.2) is 0 Å². The summed E-state index contributed by atoms with van der Waals surface area (Å²) < 4.78 is 0. The Kier molecular flexibility index (Phi) is 5.27. The van der Waals surface area contributed by atoms with Gasteiger partial charge >= 0.3 is 0 Å². The smallest absolute Gasteiger partial charge is 0.233 e. The van der Waals surface area contributed by atoms with Crippen molar-refractivity contribution in [3.63, 3.8) is 0 Å². The summed E-state index contributed by atoms with van der Waals surface area (Å²) in [6.45, 7) is 1.62. The highest BCUT2D eigenvalue weighted by Gasteiger charge is 2.44. The van der Waals surface area contributed by atoms with Crippen LogP contribution in [-0.2, 0) is 4.79 Å². The second-order valence-electron chi connectivity index (χ2n) is 7.04. The number of carbonyl (C=O) groups is 1. The Labute approximate surface area is 143 Å². The average molecular weight is 336 g/mol. The van der Waals surface area contributed by atoms with Crippen LogP contribution in [0, 0.1) is 0 Å². The van der Waals surface area contributed by atoms with Crippen LogP contribution in [0.25, 0.3) is 0 Å². The first-order valence-electron chi connectivity index (χ1n) is 8.87. The van der Waals surface area contributed by atoms with Gasteiger partial charge in [0, 0.05) is 18.1 Å². The van der Waals surface area contributed by atoms with Crippen LogP contribution in [0.3, 0.4) is 0 Å². The minimum Gasteiger partial charge on any atom is -0.389 e. The molecule has 0 spiro atoms. The Morgan fingerprint density at radius 3 is 2.39 bits per heavy atom. The van der Waals surface area contributed by atoms with Crippen molar-refractivity contribution < 1.29 is 9.90 Å². The van der Waals surface area contributed by atoms with E-state index in [1.165, 1.54) is 6.42 Å². The predicted molar refractivity (Wildman–Crippen MR) is 92.7 cm³/mol. The summed E-state index contributed by atoms with van der Waals surface area (Å²) in [6, 6.07) is 7.48. The third-order valence-electron chi connectivity index (χ3n) is 5.35. The van der Waals surface area contributed by atoms with Gasteiger partial charge in [-0.3, -0.25) is 4.79 Å². The fourth-order valence-corrected chi connectivity index (χ4v) is 4.32. The average Bonchev–Trinajstić information content (AvgIpc) is 2.56. The molecule has 0 aromatic heterocycles. The van der Waals surface area contributed by atoms with Gasteiger partial charge in [-0.1, -0.05) is 43.0 Å². The molecule has 126 valence electrons. The quantitative estimate of drug-likeness (QED) is 0.902. The summed E-state index contributed by atoms with van der Waals surface area (Å²) in [7, 11) is 0. The van der Waals surface area contributed by atoms with Gasteiger partial charge in [-0.05, 0) is 49.8 Å². The van der Waals surface area contributed by atoms with E-state index in [0.29, 0.717) is 17.9 Å². The number of benzene rings is 1. The molecule has 1 aliphatic heterocycles. The van der Waals surface area contributed by atoms with Crippen LogP contribution in [0.4, 0.5) is 0 Å². The molecule has 1 atom stereocenters. The first-order valence-corrected chi connectivity index (χ1v) is 9.25. The zero-order valence-corrected chi connectivity index (χ0v) is 14.4. The summed E-state index contributed by atoms with van der Waals surface area (Å²) in [5, 5.41) is 11.9. The Morgan fingerprint density at radius 1 is 1.09 bits per heavy atom. The molecule has 3 rings (SSSR count). The lowest BCUT2D eigenvalue weighted by Gasteiger charge is -2.41. The zero-order valence-electron chi connectivity index (χ0n) is 13.6. The number of rotatable bonds is 3. The maximum atomic E-state index is 13.2. The summed E-state index contributed by atoms with van der Waals surface area (Å²) in [5.74, 6) is -0.407. The van der Waals surface area contributed by atoms with Gasteiger partial charge in [0.2, 0.25) is 5.91 Å². The van der Waals surface area contributed by atoms with Gasteiger partial charge in [-0.15, -0.1) is 0 Å². The molecule has 1 aromatic carbocycles. The van der Waals surface area contributed by atoms with Crippen molar-refractivity contribution in [2.24, 2.45) is 0 Å². The molecule has 1 aromatic rings. The summed E-state index contributed by atoms with van der Waals surface area (Å²) in [4.78, 5) is 15.2. The monoisotopic (exact) mass is 335 g/mol. The van der Waals surface area contributed by atoms with Crippen molar-refractivity contribution >= 4 is 17.5 Å². The highest BCUT2D eigenvalue weighted by molar-refractivity contribution is 6.30. The minimum atomic E-state index is -0.933. The minimum absolute atomic E-state index is 0.0800. The molecule has 2 fully saturated rings. The molecule has 1 aliphatic carbocycles. The molecular weight excluding hydrogens is 310 g/mol. The van der Waals surface area contributed by atoms with E-state index in [9.17, 15) is 9.90 Å². The van der Waals surface area contributed by atoms with Gasteiger partial charge < -0.3 is 10.0 Å². The third kappa shape index (κ3) is 3.72. The topological polar surface area (TPSA) is 40.5 Å². The van der Waals surface area contributed by atoms with Crippen LogP contribution in [0.2, 0.25) is 5.02 Å². The first-order chi connectivity index (χ1) is 11.1. The van der Waals surface area contributed by atoms with E-state index < -0.39 is 11.5 Å². The van der Waals surface area contributed by atoms with E-state index in [-0.39, 0.29) is 5.91 Å². The molecular formula is C19H26ClNO2. The van der Waals surface area contributed by atoms with Crippen molar-refractivity contribution in [3.05, 3.63) is 34.9 Å². The zero-order chi connectivity index (χ0) is 16.3. The Hall–Kier alpha value is -1.06. The fraction of sp³-hybridized carbons (Fsp3) is 0.632. The van der Waals surface area contributed by atoms with E-state index in [1.807, 2.05) is 29.2 Å². The number of amides is 1. The van der Waals surface area contributed by atoms with Gasteiger partial charge in [-0.2, -0.15) is 0 Å². The molecule has 0 bridgehead atoms. The summed E-state index contributed by atoms with van der Waals surface area (Å²) in [5.41, 5.74) is -0.0743. The fourth-order valence-electron chi connectivity index (χ4n) is 4.12. The number of piperidine rings is 1.